The molecule has 1 aromatic rings. The van der Waals surface area contributed by atoms with E-state index in [1.54, 1.807) is 0 Å². The van der Waals surface area contributed by atoms with E-state index < -0.39 is 5.60 Å². The van der Waals surface area contributed by atoms with Crippen LogP contribution >= 0.6 is 0 Å². The largest absolute Gasteiger partial charge is 0.386 e. The number of benzene rings is 1. The molecule has 80 valence electrons. The molecule has 1 nitrogen and oxygen atoms in total. The third-order valence-electron chi connectivity index (χ3n) is 3.19. The first kappa shape index (κ1) is 10.4. The van der Waals surface area contributed by atoms with E-state index in [0.29, 0.717) is 0 Å². The van der Waals surface area contributed by atoms with Gasteiger partial charge in [-0.25, -0.2) is 0 Å². The van der Waals surface area contributed by atoms with Crippen molar-refractivity contribution in [1.82, 2.24) is 0 Å². The van der Waals surface area contributed by atoms with Crippen molar-refractivity contribution in [2.45, 2.75) is 38.2 Å². The highest BCUT2D eigenvalue weighted by Crippen LogP contribution is 2.33. The van der Waals surface area contributed by atoms with Crippen LogP contribution in [0.15, 0.2) is 35.9 Å². The van der Waals surface area contributed by atoms with Crippen LogP contribution in [-0.2, 0) is 0 Å². The predicted octanol–water partition coefficient (Wildman–Crippen LogP) is 3.40. The van der Waals surface area contributed by atoms with E-state index in [0.717, 1.165) is 19.3 Å². The monoisotopic (exact) mass is 202 g/mol. The number of hydrogen-bond donors (Lipinski definition) is 1. The Morgan fingerprint density at radius 3 is 2.60 bits per heavy atom. The third-order valence-corrected chi connectivity index (χ3v) is 3.19. The van der Waals surface area contributed by atoms with E-state index >= 15 is 0 Å². The Bertz CT molecular complexity index is 349. The van der Waals surface area contributed by atoms with Crippen LogP contribution in [0.1, 0.15) is 38.2 Å². The summed E-state index contributed by atoms with van der Waals surface area (Å²) in [5.74, 6) is 0. The Hall–Kier alpha value is -1.08. The maximum Gasteiger partial charge on any atom is 0.0832 e. The summed E-state index contributed by atoms with van der Waals surface area (Å²) in [5.41, 5.74) is 1.78. The molecular weight excluding hydrogens is 184 g/mol. The molecule has 1 aromatic carbocycles. The molecule has 0 aromatic heterocycles. The van der Waals surface area contributed by atoms with Gasteiger partial charge in [-0.3, -0.25) is 0 Å². The number of rotatable bonds is 1. The SMILES string of the molecule is C[C@]1(O)CCCC/C1=C/c1ccccc1. The fourth-order valence-electron chi connectivity index (χ4n) is 2.19. The summed E-state index contributed by atoms with van der Waals surface area (Å²) >= 11 is 0. The third kappa shape index (κ3) is 2.48. The normalized spacial score (nSPS) is 29.3. The summed E-state index contributed by atoms with van der Waals surface area (Å²) in [5, 5.41) is 10.2. The second-order valence-corrected chi connectivity index (χ2v) is 4.56. The van der Waals surface area contributed by atoms with E-state index in [1.807, 2.05) is 25.1 Å². The molecule has 0 bridgehead atoms. The molecule has 1 aliphatic carbocycles. The summed E-state index contributed by atoms with van der Waals surface area (Å²) in [6.07, 6.45) is 6.40. The lowest BCUT2D eigenvalue weighted by molar-refractivity contribution is 0.0721. The quantitative estimate of drug-likeness (QED) is 0.740. The molecule has 1 fully saturated rings. The molecule has 0 spiro atoms. The van der Waals surface area contributed by atoms with Crippen molar-refractivity contribution >= 4 is 6.08 Å². The molecule has 15 heavy (non-hydrogen) atoms. The summed E-state index contributed by atoms with van der Waals surface area (Å²) in [6.45, 7) is 1.93. The van der Waals surface area contributed by atoms with E-state index in [9.17, 15) is 5.11 Å². The van der Waals surface area contributed by atoms with Gasteiger partial charge in [0.1, 0.15) is 0 Å². The molecule has 0 saturated heterocycles. The van der Waals surface area contributed by atoms with Gasteiger partial charge in [0.15, 0.2) is 0 Å². The second-order valence-electron chi connectivity index (χ2n) is 4.56. The standard InChI is InChI=1S/C14H18O/c1-14(15)10-6-5-9-13(14)11-12-7-3-2-4-8-12/h2-4,7-8,11,15H,5-6,9-10H2,1H3/b13-11-/t14-/m0/s1. The van der Waals surface area contributed by atoms with Crippen LogP contribution < -0.4 is 0 Å². The Morgan fingerprint density at radius 1 is 1.20 bits per heavy atom. The highest BCUT2D eigenvalue weighted by molar-refractivity contribution is 5.55. The van der Waals surface area contributed by atoms with E-state index in [2.05, 4.69) is 18.2 Å². The van der Waals surface area contributed by atoms with Crippen LogP contribution in [0.5, 0.6) is 0 Å². The Balaban J connectivity index is 2.25. The second kappa shape index (κ2) is 4.19. The predicted molar refractivity (Wildman–Crippen MR) is 63.5 cm³/mol. The molecule has 1 heteroatoms. The summed E-state index contributed by atoms with van der Waals surface area (Å²) in [4.78, 5) is 0. The van der Waals surface area contributed by atoms with Crippen molar-refractivity contribution in [3.05, 3.63) is 41.5 Å². The van der Waals surface area contributed by atoms with Crippen LogP contribution in [0.4, 0.5) is 0 Å². The van der Waals surface area contributed by atoms with Crippen molar-refractivity contribution in [2.75, 3.05) is 0 Å². The average molecular weight is 202 g/mol. The van der Waals surface area contributed by atoms with E-state index in [-0.39, 0.29) is 0 Å². The van der Waals surface area contributed by atoms with Crippen molar-refractivity contribution in [2.24, 2.45) is 0 Å². The molecule has 1 atom stereocenters. The van der Waals surface area contributed by atoms with Crippen molar-refractivity contribution in [3.8, 4) is 0 Å². The summed E-state index contributed by atoms with van der Waals surface area (Å²) in [7, 11) is 0. The minimum absolute atomic E-state index is 0.589. The van der Waals surface area contributed by atoms with Gasteiger partial charge in [0, 0.05) is 0 Å². The first-order valence-corrected chi connectivity index (χ1v) is 5.67. The molecule has 2 rings (SSSR count). The number of aliphatic hydroxyl groups is 1. The minimum Gasteiger partial charge on any atom is -0.386 e. The van der Waals surface area contributed by atoms with Gasteiger partial charge >= 0.3 is 0 Å². The van der Waals surface area contributed by atoms with Gasteiger partial charge < -0.3 is 5.11 Å². The molecular formula is C14H18O. The lowest BCUT2D eigenvalue weighted by Crippen LogP contribution is -2.29. The highest BCUT2D eigenvalue weighted by Gasteiger charge is 2.28. The zero-order chi connectivity index (χ0) is 10.7. The van der Waals surface area contributed by atoms with Gasteiger partial charge in [-0.1, -0.05) is 36.4 Å². The molecule has 1 N–H and O–H groups in total. The molecule has 0 unspecified atom stereocenters. The van der Waals surface area contributed by atoms with Gasteiger partial charge in [0.25, 0.3) is 0 Å². The first-order chi connectivity index (χ1) is 7.18. The molecule has 1 aliphatic rings. The Morgan fingerprint density at radius 2 is 1.93 bits per heavy atom. The molecule has 0 aliphatic heterocycles. The summed E-state index contributed by atoms with van der Waals surface area (Å²) in [6, 6.07) is 10.2. The highest BCUT2D eigenvalue weighted by atomic mass is 16.3. The van der Waals surface area contributed by atoms with E-state index in [4.69, 9.17) is 0 Å². The van der Waals surface area contributed by atoms with Crippen molar-refractivity contribution < 1.29 is 5.11 Å². The lowest BCUT2D eigenvalue weighted by atomic mass is 9.81. The topological polar surface area (TPSA) is 20.2 Å². The maximum atomic E-state index is 10.2. The van der Waals surface area contributed by atoms with Crippen molar-refractivity contribution in [1.29, 1.82) is 0 Å². The van der Waals surface area contributed by atoms with Gasteiger partial charge in [-0.2, -0.15) is 0 Å². The maximum absolute atomic E-state index is 10.2. The van der Waals surface area contributed by atoms with Crippen LogP contribution in [0, 0.1) is 0 Å². The van der Waals surface area contributed by atoms with Crippen LogP contribution in [-0.4, -0.2) is 10.7 Å². The van der Waals surface area contributed by atoms with Gasteiger partial charge in [0.2, 0.25) is 0 Å². The van der Waals surface area contributed by atoms with Gasteiger partial charge in [-0.05, 0) is 43.7 Å². The van der Waals surface area contributed by atoms with Crippen molar-refractivity contribution in [3.63, 3.8) is 0 Å². The number of hydrogen-bond acceptors (Lipinski definition) is 1. The fraction of sp³-hybridized carbons (Fsp3) is 0.429. The molecule has 0 heterocycles. The minimum atomic E-state index is -0.589. The Labute approximate surface area is 91.4 Å². The molecule has 0 radical (unpaired) electrons. The zero-order valence-electron chi connectivity index (χ0n) is 9.24. The molecule has 1 saturated carbocycles. The lowest BCUT2D eigenvalue weighted by Gasteiger charge is -2.31. The zero-order valence-corrected chi connectivity index (χ0v) is 9.24. The first-order valence-electron chi connectivity index (χ1n) is 5.67. The summed E-state index contributed by atoms with van der Waals surface area (Å²) < 4.78 is 0. The Kier molecular flexibility index (Phi) is 2.92. The van der Waals surface area contributed by atoms with Gasteiger partial charge in [-0.15, -0.1) is 0 Å². The van der Waals surface area contributed by atoms with Crippen LogP contribution in [0.3, 0.4) is 0 Å². The van der Waals surface area contributed by atoms with Crippen LogP contribution in [0.2, 0.25) is 0 Å². The van der Waals surface area contributed by atoms with E-state index in [1.165, 1.54) is 17.6 Å². The average Bonchev–Trinajstić information content (AvgIpc) is 2.23. The van der Waals surface area contributed by atoms with Crippen LogP contribution in [0.25, 0.3) is 6.08 Å². The fourth-order valence-corrected chi connectivity index (χ4v) is 2.19. The van der Waals surface area contributed by atoms with Gasteiger partial charge in [0.05, 0.1) is 5.60 Å². The smallest absolute Gasteiger partial charge is 0.0832 e. The molecule has 0 amide bonds.